The minimum absolute atomic E-state index is 0.130. The fourth-order valence-electron chi connectivity index (χ4n) is 3.40. The summed E-state index contributed by atoms with van der Waals surface area (Å²) in [5.41, 5.74) is 2.18. The molecule has 1 atom stereocenters. The summed E-state index contributed by atoms with van der Waals surface area (Å²) in [6.45, 7) is 1.30. The Labute approximate surface area is 157 Å². The van der Waals surface area contributed by atoms with Crippen LogP contribution in [0.1, 0.15) is 17.2 Å². The van der Waals surface area contributed by atoms with Crippen LogP contribution in [0.25, 0.3) is 0 Å². The molecule has 2 heterocycles. The summed E-state index contributed by atoms with van der Waals surface area (Å²) in [7, 11) is 3.67. The second-order valence-corrected chi connectivity index (χ2v) is 6.41. The van der Waals surface area contributed by atoms with Crippen molar-refractivity contribution in [3.63, 3.8) is 0 Å². The van der Waals surface area contributed by atoms with Crippen LogP contribution in [0.4, 0.5) is 4.39 Å². The van der Waals surface area contributed by atoms with Crippen LogP contribution in [0.3, 0.4) is 0 Å². The lowest BCUT2D eigenvalue weighted by molar-refractivity contribution is 0.171. The van der Waals surface area contributed by atoms with Gasteiger partial charge in [0.25, 0.3) is 0 Å². The van der Waals surface area contributed by atoms with Crippen molar-refractivity contribution in [2.75, 3.05) is 34.1 Å². The van der Waals surface area contributed by atoms with Gasteiger partial charge in [0, 0.05) is 12.1 Å². The van der Waals surface area contributed by atoms with Crippen molar-refractivity contribution in [3.05, 3.63) is 47.3 Å². The lowest BCUT2D eigenvalue weighted by atomic mass is 9.91. The molecule has 0 unspecified atom stereocenters. The van der Waals surface area contributed by atoms with Gasteiger partial charge in [-0.05, 0) is 49.4 Å². The number of benzene rings is 2. The Morgan fingerprint density at radius 3 is 2.85 bits per heavy atom. The maximum Gasteiger partial charge on any atom is 0.231 e. The van der Waals surface area contributed by atoms with Crippen molar-refractivity contribution in [2.24, 2.45) is 0 Å². The van der Waals surface area contributed by atoms with Gasteiger partial charge in [-0.2, -0.15) is 0 Å². The van der Waals surface area contributed by atoms with E-state index in [0.29, 0.717) is 17.2 Å². The van der Waals surface area contributed by atoms with E-state index in [9.17, 15) is 4.39 Å². The summed E-state index contributed by atoms with van der Waals surface area (Å²) in [5.74, 6) is 8.69. The smallest absolute Gasteiger partial charge is 0.231 e. The minimum Gasteiger partial charge on any atom is -0.492 e. The van der Waals surface area contributed by atoms with Crippen molar-refractivity contribution < 1.29 is 23.3 Å². The third kappa shape index (κ3) is 3.38. The molecule has 0 N–H and O–H groups in total. The van der Waals surface area contributed by atoms with Crippen LogP contribution in [0.15, 0.2) is 30.3 Å². The van der Waals surface area contributed by atoms with Gasteiger partial charge >= 0.3 is 0 Å². The van der Waals surface area contributed by atoms with E-state index in [-0.39, 0.29) is 25.3 Å². The van der Waals surface area contributed by atoms with Crippen LogP contribution >= 0.6 is 0 Å². The SMILES string of the molecule is COc1c2c(cc3c1[C@@H](C#CCOc1ccc(F)cc1)N(C)CC3)OCO2. The highest BCUT2D eigenvalue weighted by atomic mass is 19.1. The number of fused-ring (bicyclic) bond motifs is 2. The van der Waals surface area contributed by atoms with E-state index in [4.69, 9.17) is 18.9 Å². The monoisotopic (exact) mass is 369 g/mol. The standard InChI is InChI=1S/C21H20FNO4/c1-23-10-9-14-12-18-20(27-13-26-18)21(24-2)19(14)17(23)4-3-11-25-16-7-5-15(22)6-8-16/h5-8,12,17H,9-11,13H2,1-2H3/t17-/m1/s1. The van der Waals surface area contributed by atoms with Gasteiger partial charge in [0.1, 0.15) is 24.2 Å². The van der Waals surface area contributed by atoms with Gasteiger partial charge in [0.15, 0.2) is 11.5 Å². The number of likely N-dealkylation sites (N-methyl/N-ethyl adjacent to an activating group) is 1. The Morgan fingerprint density at radius 1 is 1.26 bits per heavy atom. The molecule has 0 amide bonds. The Balaban J connectivity index is 1.58. The summed E-state index contributed by atoms with van der Waals surface area (Å²) in [5, 5.41) is 0. The highest BCUT2D eigenvalue weighted by Crippen LogP contribution is 2.49. The molecule has 0 spiro atoms. The second-order valence-electron chi connectivity index (χ2n) is 6.41. The molecule has 2 aromatic rings. The van der Waals surface area contributed by atoms with Gasteiger partial charge in [-0.25, -0.2) is 4.39 Å². The highest BCUT2D eigenvalue weighted by Gasteiger charge is 2.33. The molecule has 0 saturated carbocycles. The molecule has 2 aromatic carbocycles. The van der Waals surface area contributed by atoms with Crippen molar-refractivity contribution in [1.29, 1.82) is 0 Å². The quantitative estimate of drug-likeness (QED) is 0.778. The van der Waals surface area contributed by atoms with E-state index >= 15 is 0 Å². The van der Waals surface area contributed by atoms with E-state index in [0.717, 1.165) is 29.8 Å². The summed E-state index contributed by atoms with van der Waals surface area (Å²) in [6, 6.07) is 7.79. The molecule has 0 fully saturated rings. The van der Waals surface area contributed by atoms with Crippen LogP contribution in [0.2, 0.25) is 0 Å². The number of ether oxygens (including phenoxy) is 4. The lowest BCUT2D eigenvalue weighted by Crippen LogP contribution is -2.31. The van der Waals surface area contributed by atoms with Crippen LogP contribution in [-0.2, 0) is 6.42 Å². The van der Waals surface area contributed by atoms with Gasteiger partial charge in [0.2, 0.25) is 12.5 Å². The van der Waals surface area contributed by atoms with E-state index < -0.39 is 0 Å². The van der Waals surface area contributed by atoms with Crippen molar-refractivity contribution in [2.45, 2.75) is 12.5 Å². The van der Waals surface area contributed by atoms with Crippen LogP contribution in [0.5, 0.6) is 23.0 Å². The van der Waals surface area contributed by atoms with Crippen molar-refractivity contribution in [3.8, 4) is 34.8 Å². The maximum absolute atomic E-state index is 12.9. The van der Waals surface area contributed by atoms with Crippen molar-refractivity contribution in [1.82, 2.24) is 4.90 Å². The van der Waals surface area contributed by atoms with Crippen LogP contribution in [-0.4, -0.2) is 39.0 Å². The zero-order valence-corrected chi connectivity index (χ0v) is 15.3. The average molecular weight is 369 g/mol. The summed E-state index contributed by atoms with van der Waals surface area (Å²) < 4.78 is 35.3. The molecule has 0 aromatic heterocycles. The maximum atomic E-state index is 12.9. The molecule has 2 aliphatic heterocycles. The number of methoxy groups -OCH3 is 1. The first kappa shape index (κ1) is 17.5. The molecular weight excluding hydrogens is 349 g/mol. The number of hydrogen-bond donors (Lipinski definition) is 0. The van der Waals surface area contributed by atoms with Gasteiger partial charge < -0.3 is 18.9 Å². The molecule has 0 aliphatic carbocycles. The van der Waals surface area contributed by atoms with E-state index in [2.05, 4.69) is 16.7 Å². The molecule has 4 rings (SSSR count). The normalized spacial score (nSPS) is 17.7. The molecule has 0 saturated heterocycles. The predicted molar refractivity (Wildman–Crippen MR) is 97.9 cm³/mol. The first-order valence-corrected chi connectivity index (χ1v) is 8.73. The number of hydrogen-bond acceptors (Lipinski definition) is 5. The Morgan fingerprint density at radius 2 is 2.07 bits per heavy atom. The second kappa shape index (κ2) is 7.37. The third-order valence-electron chi connectivity index (χ3n) is 4.76. The Bertz CT molecular complexity index is 901. The van der Waals surface area contributed by atoms with Gasteiger partial charge in [-0.15, -0.1) is 0 Å². The predicted octanol–water partition coefficient (Wildman–Crippen LogP) is 3.17. The average Bonchev–Trinajstić information content (AvgIpc) is 3.14. The first-order valence-electron chi connectivity index (χ1n) is 8.73. The van der Waals surface area contributed by atoms with Crippen molar-refractivity contribution >= 4 is 0 Å². The number of nitrogens with zero attached hydrogens (tertiary/aromatic N) is 1. The van der Waals surface area contributed by atoms with Gasteiger partial charge in [-0.1, -0.05) is 11.8 Å². The fourth-order valence-corrected chi connectivity index (χ4v) is 3.40. The zero-order chi connectivity index (χ0) is 18.8. The third-order valence-corrected chi connectivity index (χ3v) is 4.76. The largest absolute Gasteiger partial charge is 0.492 e. The molecule has 6 heteroatoms. The molecule has 0 radical (unpaired) electrons. The Hall–Kier alpha value is -2.91. The molecular formula is C21H20FNO4. The highest BCUT2D eigenvalue weighted by molar-refractivity contribution is 5.62. The van der Waals surface area contributed by atoms with E-state index in [1.165, 1.54) is 12.1 Å². The van der Waals surface area contributed by atoms with E-state index in [1.807, 2.05) is 13.1 Å². The van der Waals surface area contributed by atoms with E-state index in [1.54, 1.807) is 19.2 Å². The minimum atomic E-state index is -0.292. The number of halogens is 1. The molecule has 2 aliphatic rings. The van der Waals surface area contributed by atoms with Crippen LogP contribution in [0, 0.1) is 17.7 Å². The summed E-state index contributed by atoms with van der Waals surface area (Å²) in [4.78, 5) is 2.18. The Kier molecular flexibility index (Phi) is 4.78. The van der Waals surface area contributed by atoms with Gasteiger partial charge in [-0.3, -0.25) is 4.90 Å². The lowest BCUT2D eigenvalue weighted by Gasteiger charge is -2.32. The summed E-state index contributed by atoms with van der Waals surface area (Å²) >= 11 is 0. The topological polar surface area (TPSA) is 40.2 Å². The summed E-state index contributed by atoms with van der Waals surface area (Å²) in [6.07, 6.45) is 0.892. The zero-order valence-electron chi connectivity index (χ0n) is 15.3. The molecule has 140 valence electrons. The first-order chi connectivity index (χ1) is 13.2. The molecule has 27 heavy (non-hydrogen) atoms. The molecule has 0 bridgehead atoms. The fraction of sp³-hybridized carbons (Fsp3) is 0.333. The molecule has 5 nitrogen and oxygen atoms in total. The number of rotatable bonds is 3. The van der Waals surface area contributed by atoms with Crippen LogP contribution < -0.4 is 18.9 Å². The van der Waals surface area contributed by atoms with Gasteiger partial charge in [0.05, 0.1) is 7.11 Å².